The fourth-order valence-corrected chi connectivity index (χ4v) is 2.17. The maximum Gasteiger partial charge on any atom is 0.416 e. The maximum atomic E-state index is 12.8. The quantitative estimate of drug-likeness (QED) is 0.641. The van der Waals surface area contributed by atoms with Gasteiger partial charge < -0.3 is 16.4 Å². The second-order valence-electron chi connectivity index (χ2n) is 5.27. The monoisotopic (exact) mass is 361 g/mol. The van der Waals surface area contributed by atoms with E-state index in [1.165, 1.54) is 12.4 Å². The summed E-state index contributed by atoms with van der Waals surface area (Å²) in [6, 6.07) is 8.27. The minimum absolute atomic E-state index is 0.00981. The number of hydrogen-bond acceptors (Lipinski definition) is 7. The van der Waals surface area contributed by atoms with Gasteiger partial charge >= 0.3 is 6.18 Å². The molecule has 0 aliphatic heterocycles. The molecule has 134 valence electrons. The molecule has 0 bridgehead atoms. The van der Waals surface area contributed by atoms with Crippen LogP contribution in [0.15, 0.2) is 48.9 Å². The second-order valence-corrected chi connectivity index (χ2v) is 5.27. The first-order chi connectivity index (χ1) is 12.4. The van der Waals surface area contributed by atoms with Crippen LogP contribution in [0.5, 0.6) is 0 Å². The molecule has 7 nitrogen and oxygen atoms in total. The van der Waals surface area contributed by atoms with E-state index in [2.05, 4.69) is 30.6 Å². The summed E-state index contributed by atoms with van der Waals surface area (Å²) in [5, 5.41) is 5.88. The third-order valence-corrected chi connectivity index (χ3v) is 3.31. The van der Waals surface area contributed by atoms with Gasteiger partial charge in [-0.3, -0.25) is 0 Å². The lowest BCUT2D eigenvalue weighted by molar-refractivity contribution is -0.137. The highest BCUT2D eigenvalue weighted by Crippen LogP contribution is 2.29. The predicted octanol–water partition coefficient (Wildman–Crippen LogP) is 3.22. The summed E-state index contributed by atoms with van der Waals surface area (Å²) < 4.78 is 38.3. The first-order valence-electron chi connectivity index (χ1n) is 7.48. The number of anilines is 4. The fourth-order valence-electron chi connectivity index (χ4n) is 2.17. The molecule has 0 atom stereocenters. The number of nitrogens with one attached hydrogen (secondary N) is 2. The van der Waals surface area contributed by atoms with Crippen LogP contribution in [0, 0.1) is 0 Å². The summed E-state index contributed by atoms with van der Waals surface area (Å²) in [5.74, 6) is 1.28. The minimum Gasteiger partial charge on any atom is -0.368 e. The van der Waals surface area contributed by atoms with Gasteiger partial charge in [0.2, 0.25) is 5.95 Å². The molecule has 1 aromatic carbocycles. The number of rotatable bonds is 5. The zero-order valence-corrected chi connectivity index (χ0v) is 13.3. The highest BCUT2D eigenvalue weighted by Gasteiger charge is 2.30. The van der Waals surface area contributed by atoms with Crippen LogP contribution in [0.25, 0.3) is 0 Å². The van der Waals surface area contributed by atoms with Crippen molar-refractivity contribution < 1.29 is 13.2 Å². The molecule has 0 unspecified atom stereocenters. The van der Waals surface area contributed by atoms with Gasteiger partial charge in [-0.15, -0.1) is 0 Å². The number of nitrogen functional groups attached to an aromatic ring is 1. The Morgan fingerprint density at radius 2 is 1.81 bits per heavy atom. The van der Waals surface area contributed by atoms with Crippen molar-refractivity contribution in [2.75, 3.05) is 16.4 Å². The van der Waals surface area contributed by atoms with Crippen molar-refractivity contribution in [3.63, 3.8) is 0 Å². The molecular formula is C16H14F3N7. The van der Waals surface area contributed by atoms with Gasteiger partial charge in [0.25, 0.3) is 0 Å². The van der Waals surface area contributed by atoms with Crippen LogP contribution in [0.4, 0.5) is 36.6 Å². The van der Waals surface area contributed by atoms with Gasteiger partial charge in [0.1, 0.15) is 23.8 Å². The van der Waals surface area contributed by atoms with Gasteiger partial charge in [0, 0.05) is 18.8 Å². The van der Waals surface area contributed by atoms with E-state index < -0.39 is 11.7 Å². The Balaban J connectivity index is 1.72. The third-order valence-electron chi connectivity index (χ3n) is 3.31. The van der Waals surface area contributed by atoms with Crippen LogP contribution in [-0.4, -0.2) is 19.9 Å². The molecule has 4 N–H and O–H groups in total. The average molecular weight is 361 g/mol. The topological polar surface area (TPSA) is 102 Å². The lowest BCUT2D eigenvalue weighted by atomic mass is 10.1. The molecule has 0 saturated heterocycles. The number of aromatic nitrogens is 4. The van der Waals surface area contributed by atoms with Crippen molar-refractivity contribution in [3.8, 4) is 0 Å². The number of nitrogens with two attached hydrogens (primary N) is 1. The van der Waals surface area contributed by atoms with E-state index in [4.69, 9.17) is 5.73 Å². The molecular weight excluding hydrogens is 347 g/mol. The van der Waals surface area contributed by atoms with Crippen molar-refractivity contribution in [2.45, 2.75) is 12.7 Å². The third kappa shape index (κ3) is 4.56. The Morgan fingerprint density at radius 3 is 2.54 bits per heavy atom. The molecule has 0 spiro atoms. The number of hydrogen-bond donors (Lipinski definition) is 3. The Bertz CT molecular complexity index is 885. The Labute approximate surface area is 146 Å². The van der Waals surface area contributed by atoms with Gasteiger partial charge in [-0.25, -0.2) is 9.97 Å². The van der Waals surface area contributed by atoms with Crippen molar-refractivity contribution in [1.82, 2.24) is 19.9 Å². The minimum atomic E-state index is -4.38. The molecule has 10 heteroatoms. The second kappa shape index (κ2) is 7.21. The molecule has 0 aliphatic carbocycles. The van der Waals surface area contributed by atoms with Crippen LogP contribution < -0.4 is 16.4 Å². The first-order valence-corrected chi connectivity index (χ1v) is 7.48. The standard InChI is InChI=1S/C16H14F3N7/c17-16(18,19)11-3-1-2-10(6-11)8-22-13-7-14(26-15(20)25-13)24-12-4-5-21-9-23-12/h1-7,9H,8H2,(H4,20,21,22,23,24,25,26). The van der Waals surface area contributed by atoms with Crippen molar-refractivity contribution in [1.29, 1.82) is 0 Å². The fraction of sp³-hybridized carbons (Fsp3) is 0.125. The number of alkyl halides is 3. The molecule has 0 amide bonds. The van der Waals surface area contributed by atoms with Gasteiger partial charge in [-0.05, 0) is 23.8 Å². The average Bonchev–Trinajstić information content (AvgIpc) is 2.60. The van der Waals surface area contributed by atoms with Crippen molar-refractivity contribution >= 4 is 23.4 Å². The molecule has 3 rings (SSSR count). The predicted molar refractivity (Wildman–Crippen MR) is 90.5 cm³/mol. The zero-order chi connectivity index (χ0) is 18.6. The molecule has 0 fully saturated rings. The van der Waals surface area contributed by atoms with Gasteiger partial charge in [-0.2, -0.15) is 23.1 Å². The summed E-state index contributed by atoms with van der Waals surface area (Å²) in [6.45, 7) is 0.146. The normalized spacial score (nSPS) is 11.2. The van der Waals surface area contributed by atoms with Crippen LogP contribution in [-0.2, 0) is 12.7 Å². The number of nitrogens with zero attached hydrogens (tertiary/aromatic N) is 4. The van der Waals surface area contributed by atoms with Crippen LogP contribution in [0.3, 0.4) is 0 Å². The Morgan fingerprint density at radius 1 is 1.00 bits per heavy atom. The van der Waals surface area contributed by atoms with Gasteiger partial charge in [-0.1, -0.05) is 12.1 Å². The van der Waals surface area contributed by atoms with Crippen molar-refractivity contribution in [2.24, 2.45) is 0 Å². The Hall–Kier alpha value is -3.43. The van der Waals surface area contributed by atoms with E-state index in [0.717, 1.165) is 12.1 Å². The summed E-state index contributed by atoms with van der Waals surface area (Å²) in [5.41, 5.74) is 5.44. The lowest BCUT2D eigenvalue weighted by Crippen LogP contribution is -2.08. The summed E-state index contributed by atoms with van der Waals surface area (Å²) in [7, 11) is 0. The van der Waals surface area contributed by atoms with E-state index in [1.54, 1.807) is 24.4 Å². The highest BCUT2D eigenvalue weighted by molar-refractivity contribution is 5.57. The van der Waals surface area contributed by atoms with Crippen LogP contribution in [0.2, 0.25) is 0 Å². The van der Waals surface area contributed by atoms with E-state index in [1.807, 2.05) is 0 Å². The van der Waals surface area contributed by atoms with Gasteiger partial charge in [0.05, 0.1) is 5.56 Å². The van der Waals surface area contributed by atoms with Crippen LogP contribution >= 0.6 is 0 Å². The Kier molecular flexibility index (Phi) is 4.83. The summed E-state index contributed by atoms with van der Waals surface area (Å²) in [6.07, 6.45) is -1.45. The summed E-state index contributed by atoms with van der Waals surface area (Å²) in [4.78, 5) is 15.9. The van der Waals surface area contributed by atoms with Crippen LogP contribution in [0.1, 0.15) is 11.1 Å². The molecule has 0 radical (unpaired) electrons. The highest BCUT2D eigenvalue weighted by atomic mass is 19.4. The SMILES string of the molecule is Nc1nc(NCc2cccc(C(F)(F)F)c2)cc(Nc2ccncn2)n1. The van der Waals surface area contributed by atoms with E-state index in [0.29, 0.717) is 23.0 Å². The zero-order valence-electron chi connectivity index (χ0n) is 13.3. The lowest BCUT2D eigenvalue weighted by Gasteiger charge is -2.11. The van der Waals surface area contributed by atoms with Gasteiger partial charge in [0.15, 0.2) is 0 Å². The largest absolute Gasteiger partial charge is 0.416 e. The smallest absolute Gasteiger partial charge is 0.368 e. The molecule has 2 heterocycles. The molecule has 2 aromatic heterocycles. The maximum absolute atomic E-state index is 12.8. The number of benzene rings is 1. The molecule has 3 aromatic rings. The van der Waals surface area contributed by atoms with E-state index in [9.17, 15) is 13.2 Å². The first kappa shape index (κ1) is 17.4. The van der Waals surface area contributed by atoms with E-state index in [-0.39, 0.29) is 12.5 Å². The molecule has 26 heavy (non-hydrogen) atoms. The van der Waals surface area contributed by atoms with Crippen molar-refractivity contribution in [3.05, 3.63) is 60.0 Å². The van der Waals surface area contributed by atoms with E-state index >= 15 is 0 Å². The summed E-state index contributed by atoms with van der Waals surface area (Å²) >= 11 is 0. The molecule has 0 saturated carbocycles. The molecule has 0 aliphatic rings. The number of halogens is 3.